The molecule has 0 radical (unpaired) electrons. The maximum absolute atomic E-state index is 13.1. The molecule has 0 atom stereocenters. The van der Waals surface area contributed by atoms with E-state index in [0.717, 1.165) is 18.3 Å². The Hall–Kier alpha value is 0.153. The molecule has 0 spiro atoms. The Kier molecular flexibility index (Phi) is 5.07. The van der Waals surface area contributed by atoms with E-state index in [9.17, 15) is 4.39 Å². The second-order valence-corrected chi connectivity index (χ2v) is 4.06. The van der Waals surface area contributed by atoms with Crippen LogP contribution in [0.25, 0.3) is 0 Å². The minimum absolute atomic E-state index is 0. The van der Waals surface area contributed by atoms with Crippen molar-refractivity contribution in [3.8, 4) is 5.75 Å². The summed E-state index contributed by atoms with van der Waals surface area (Å²) in [6.07, 6.45) is 0. The molecule has 1 nitrogen and oxygen atoms in total. The maximum Gasteiger partial charge on any atom is -0.147 e. The summed E-state index contributed by atoms with van der Waals surface area (Å²) in [6.45, 7) is 0. The number of benzene rings is 1. The number of ether oxygens (including phenoxy) is 1. The molecule has 0 aliphatic heterocycles. The first-order valence-corrected chi connectivity index (χ1v) is 4.87. The van der Waals surface area contributed by atoms with Crippen LogP contribution in [0.4, 0.5) is 4.39 Å². The molecule has 0 bridgehead atoms. The van der Waals surface area contributed by atoms with Crippen LogP contribution in [0.1, 0.15) is 0 Å². The number of hydrogen-bond acceptors (Lipinski definition) is 1. The fourth-order valence-corrected chi connectivity index (χ4v) is 1.57. The van der Waals surface area contributed by atoms with E-state index in [0.29, 0.717) is 9.18 Å². The van der Waals surface area contributed by atoms with Gasteiger partial charge in [-0.2, -0.15) is 0 Å². The smallest absolute Gasteiger partial charge is 0.147 e. The van der Waals surface area contributed by atoms with Gasteiger partial charge in [0.05, 0.1) is 0 Å². The fourth-order valence-electron chi connectivity index (χ4n) is 0.760. The van der Waals surface area contributed by atoms with Gasteiger partial charge in [0, 0.05) is 0 Å². The Morgan fingerprint density at radius 2 is 2.08 bits per heavy atom. The topological polar surface area (TPSA) is 9.23 Å². The summed E-state index contributed by atoms with van der Waals surface area (Å²) in [5.41, 5.74) is 0. The Bertz CT molecular complexity index is 280. The van der Waals surface area contributed by atoms with E-state index in [1.165, 1.54) is 7.11 Å². The third-order valence-electron chi connectivity index (χ3n) is 1.33. The van der Waals surface area contributed by atoms with E-state index in [1.807, 2.05) is 0 Å². The molecule has 1 rings (SSSR count). The van der Waals surface area contributed by atoms with Crippen molar-refractivity contribution in [2.45, 2.75) is 0 Å². The number of methoxy groups -OCH3 is 1. The van der Waals surface area contributed by atoms with Gasteiger partial charge in [-0.25, -0.2) is 0 Å². The molecule has 0 amide bonds. The van der Waals surface area contributed by atoms with Crippen molar-refractivity contribution in [3.05, 3.63) is 23.0 Å². The average Bonchev–Trinajstić information content (AvgIpc) is 1.99. The van der Waals surface area contributed by atoms with Crippen molar-refractivity contribution < 1.29 is 27.4 Å². The van der Waals surface area contributed by atoms with Gasteiger partial charge in [0.25, 0.3) is 0 Å². The van der Waals surface area contributed by atoms with Gasteiger partial charge < -0.3 is 0 Å². The van der Waals surface area contributed by atoms with E-state index in [2.05, 4.69) is 0 Å². The largest absolute Gasteiger partial charge is 0.147 e. The van der Waals surface area contributed by atoms with Crippen LogP contribution in [0.15, 0.2) is 12.1 Å². The van der Waals surface area contributed by atoms with Crippen molar-refractivity contribution in [1.82, 2.24) is 0 Å². The number of halogens is 3. The zero-order valence-electron chi connectivity index (χ0n) is 6.43. The molecular weight excluding hydrogens is 255 g/mol. The summed E-state index contributed by atoms with van der Waals surface area (Å²) < 4.78 is 18.5. The molecule has 0 N–H and O–H groups in total. The molecule has 0 heterocycles. The number of hydrogen-bond donors (Lipinski definition) is 0. The van der Waals surface area contributed by atoms with Gasteiger partial charge in [0.2, 0.25) is 0 Å². The summed E-state index contributed by atoms with van der Waals surface area (Å²) >= 11 is 6.41. The van der Waals surface area contributed by atoms with Gasteiger partial charge in [-0.1, -0.05) is 0 Å². The van der Waals surface area contributed by atoms with Gasteiger partial charge in [0.15, 0.2) is 0 Å². The number of rotatable bonds is 1. The van der Waals surface area contributed by atoms with Crippen LogP contribution in [-0.4, -0.2) is 7.11 Å². The molecule has 1 aromatic carbocycles. The van der Waals surface area contributed by atoms with Crippen LogP contribution in [0.5, 0.6) is 5.75 Å². The second kappa shape index (κ2) is 5.01. The normalized spacial score (nSPS) is 9.08. The first-order chi connectivity index (χ1) is 5.16. The van der Waals surface area contributed by atoms with Crippen molar-refractivity contribution in [2.24, 2.45) is 0 Å². The zero-order valence-corrected chi connectivity index (χ0v) is 11.0. The Morgan fingerprint density at radius 1 is 1.50 bits per heavy atom. The minimum atomic E-state index is -0.333. The SMILES string of the molecule is COc1c(Cl)cc[c]([Zn])c1F.Cl. The van der Waals surface area contributed by atoms with Crippen LogP contribution in [0.3, 0.4) is 0 Å². The van der Waals surface area contributed by atoms with Gasteiger partial charge in [-0.05, 0) is 0 Å². The molecule has 0 saturated carbocycles. The maximum atomic E-state index is 13.1. The Morgan fingerprint density at radius 3 is 2.50 bits per heavy atom. The molecule has 63 valence electrons. The Labute approximate surface area is 91.3 Å². The van der Waals surface area contributed by atoms with Gasteiger partial charge in [-0.3, -0.25) is 0 Å². The summed E-state index contributed by atoms with van der Waals surface area (Å²) in [4.78, 5) is 0. The fraction of sp³-hybridized carbons (Fsp3) is 0.143. The van der Waals surface area contributed by atoms with Crippen LogP contribution < -0.4 is 8.89 Å². The Balaban J connectivity index is 0.00000121. The second-order valence-electron chi connectivity index (χ2n) is 2.05. The van der Waals surface area contributed by atoms with E-state index in [-0.39, 0.29) is 24.0 Å². The molecule has 12 heavy (non-hydrogen) atoms. The molecule has 5 heteroatoms. The summed E-state index contributed by atoms with van der Waals surface area (Å²) in [6, 6.07) is 3.31. The molecule has 0 saturated heterocycles. The van der Waals surface area contributed by atoms with E-state index in [1.54, 1.807) is 12.1 Å². The quantitative estimate of drug-likeness (QED) is 0.703. The predicted octanol–water partition coefficient (Wildman–Crippen LogP) is 2.08. The third kappa shape index (κ3) is 2.32. The molecule has 0 fully saturated rings. The monoisotopic (exact) mass is 259 g/mol. The molecule has 0 unspecified atom stereocenters. The van der Waals surface area contributed by atoms with Gasteiger partial charge >= 0.3 is 79.0 Å². The van der Waals surface area contributed by atoms with Crippen molar-refractivity contribution >= 4 is 28.2 Å². The average molecular weight is 261 g/mol. The molecule has 1 aromatic rings. The van der Waals surface area contributed by atoms with E-state index < -0.39 is 0 Å². The standard InChI is InChI=1S/C7H5ClFO.ClH.Zn/c1-10-7-5(8)3-2-4-6(7)9;;/h2-3H,1H3;1H;. The van der Waals surface area contributed by atoms with Crippen molar-refractivity contribution in [3.63, 3.8) is 0 Å². The van der Waals surface area contributed by atoms with E-state index >= 15 is 0 Å². The van der Waals surface area contributed by atoms with Crippen LogP contribution in [-0.2, 0) is 18.3 Å². The zero-order chi connectivity index (χ0) is 8.43. The van der Waals surface area contributed by atoms with Crippen molar-refractivity contribution in [1.29, 1.82) is 0 Å². The van der Waals surface area contributed by atoms with Gasteiger partial charge in [-0.15, -0.1) is 12.4 Å². The van der Waals surface area contributed by atoms with Crippen molar-refractivity contribution in [2.75, 3.05) is 7.11 Å². The summed E-state index contributed by atoms with van der Waals surface area (Å²) in [7, 11) is 1.41. The predicted molar refractivity (Wildman–Crippen MR) is 44.8 cm³/mol. The van der Waals surface area contributed by atoms with Crippen LogP contribution in [0.2, 0.25) is 5.02 Å². The van der Waals surface area contributed by atoms with Gasteiger partial charge in [0.1, 0.15) is 0 Å². The third-order valence-corrected chi connectivity index (χ3v) is 2.78. The summed E-state index contributed by atoms with van der Waals surface area (Å²) in [5, 5.41) is 0.321. The molecular formula is C7H6Cl2FOZn. The van der Waals surface area contributed by atoms with Crippen LogP contribution >= 0.6 is 24.0 Å². The summed E-state index contributed by atoms with van der Waals surface area (Å²) in [5.74, 6) is -0.185. The molecule has 0 aromatic heterocycles. The molecule has 0 aliphatic rings. The van der Waals surface area contributed by atoms with E-state index in [4.69, 9.17) is 16.3 Å². The molecule has 0 aliphatic carbocycles. The minimum Gasteiger partial charge on any atom is -0.147 e. The first-order valence-electron chi connectivity index (χ1n) is 3.00. The first kappa shape index (κ1) is 12.2. The van der Waals surface area contributed by atoms with Crippen LogP contribution in [0, 0.1) is 5.82 Å².